The van der Waals surface area contributed by atoms with E-state index in [4.69, 9.17) is 0 Å². The molecule has 9 heteroatoms. The summed E-state index contributed by atoms with van der Waals surface area (Å²) in [6.45, 7) is 6.64. The summed E-state index contributed by atoms with van der Waals surface area (Å²) < 4.78 is 54.3. The molecule has 0 bridgehead atoms. The Morgan fingerprint density at radius 3 is 2.52 bits per heavy atom. The van der Waals surface area contributed by atoms with E-state index in [1.807, 2.05) is 13.8 Å². The van der Waals surface area contributed by atoms with Crippen LogP contribution < -0.4 is 16.0 Å². The molecule has 1 aliphatic heterocycles. The lowest BCUT2D eigenvalue weighted by molar-refractivity contribution is -0.136. The monoisotopic (exact) mass is 436 g/mol. The summed E-state index contributed by atoms with van der Waals surface area (Å²) in [6, 6.07) is 7.68. The van der Waals surface area contributed by atoms with Gasteiger partial charge < -0.3 is 20.9 Å². The number of carbonyl (C=O) groups is 1. The number of benzene rings is 2. The van der Waals surface area contributed by atoms with Crippen molar-refractivity contribution in [1.82, 2.24) is 4.90 Å². The van der Waals surface area contributed by atoms with Crippen molar-refractivity contribution in [2.45, 2.75) is 20.0 Å². The molecule has 31 heavy (non-hydrogen) atoms. The molecule has 0 atom stereocenters. The van der Waals surface area contributed by atoms with Gasteiger partial charge in [0.15, 0.2) is 0 Å². The first-order chi connectivity index (χ1) is 14.7. The second kappa shape index (κ2) is 9.38. The second-order valence-electron chi connectivity index (χ2n) is 7.06. The Hall–Kier alpha value is -3.07. The zero-order chi connectivity index (χ0) is 22.6. The van der Waals surface area contributed by atoms with Crippen LogP contribution in [0, 0.1) is 5.82 Å². The highest BCUT2D eigenvalue weighted by Crippen LogP contribution is 2.37. The van der Waals surface area contributed by atoms with Crippen molar-refractivity contribution in [1.29, 1.82) is 0 Å². The number of anilines is 3. The van der Waals surface area contributed by atoms with Gasteiger partial charge in [-0.2, -0.15) is 13.2 Å². The van der Waals surface area contributed by atoms with Gasteiger partial charge in [-0.25, -0.2) is 4.39 Å². The molecule has 0 radical (unpaired) electrons. The number of rotatable bonds is 8. The number of alkyl halides is 3. The normalized spacial score (nSPS) is 14.7. The molecule has 5 nitrogen and oxygen atoms in total. The quantitative estimate of drug-likeness (QED) is 0.403. The van der Waals surface area contributed by atoms with E-state index in [9.17, 15) is 22.4 Å². The minimum Gasteiger partial charge on any atom is -0.383 e. The summed E-state index contributed by atoms with van der Waals surface area (Å²) in [4.78, 5) is 14.2. The molecule has 0 unspecified atom stereocenters. The third-order valence-electron chi connectivity index (χ3n) is 5.11. The number of carbonyl (C=O) groups excluding carboxylic acids is 1. The largest absolute Gasteiger partial charge is 0.418 e. The molecule has 0 aromatic heterocycles. The van der Waals surface area contributed by atoms with E-state index in [1.165, 1.54) is 36.5 Å². The molecule has 0 spiro atoms. The van der Waals surface area contributed by atoms with Crippen LogP contribution in [0.1, 0.15) is 25.0 Å². The van der Waals surface area contributed by atoms with Gasteiger partial charge in [0.05, 0.1) is 11.1 Å². The van der Waals surface area contributed by atoms with Crippen LogP contribution in [0.3, 0.4) is 0 Å². The zero-order valence-electron chi connectivity index (χ0n) is 17.2. The number of amides is 1. The van der Waals surface area contributed by atoms with Crippen molar-refractivity contribution in [3.8, 4) is 0 Å². The van der Waals surface area contributed by atoms with Crippen LogP contribution in [0.2, 0.25) is 0 Å². The predicted molar refractivity (Wildman–Crippen MR) is 114 cm³/mol. The first-order valence-corrected chi connectivity index (χ1v) is 9.98. The third kappa shape index (κ3) is 5.35. The Balaban J connectivity index is 1.79. The van der Waals surface area contributed by atoms with Crippen molar-refractivity contribution in [3.05, 3.63) is 59.5 Å². The number of nitrogens with zero attached hydrogens (tertiary/aromatic N) is 1. The van der Waals surface area contributed by atoms with Gasteiger partial charge in [-0.3, -0.25) is 4.79 Å². The molecule has 3 rings (SSSR count). The molecule has 166 valence electrons. The van der Waals surface area contributed by atoms with Gasteiger partial charge in [0.1, 0.15) is 5.82 Å². The molecule has 0 fully saturated rings. The van der Waals surface area contributed by atoms with Crippen molar-refractivity contribution in [3.63, 3.8) is 0 Å². The smallest absolute Gasteiger partial charge is 0.383 e. The maximum Gasteiger partial charge on any atom is 0.418 e. The first kappa shape index (κ1) is 22.6. The number of fused-ring (bicyclic) bond motifs is 1. The van der Waals surface area contributed by atoms with Crippen molar-refractivity contribution >= 4 is 28.5 Å². The molecule has 0 aliphatic carbocycles. The highest BCUT2D eigenvalue weighted by Gasteiger charge is 2.34. The minimum absolute atomic E-state index is 0.0103. The lowest BCUT2D eigenvalue weighted by Gasteiger charge is -2.20. The summed E-state index contributed by atoms with van der Waals surface area (Å²) in [7, 11) is 0. The van der Waals surface area contributed by atoms with Crippen LogP contribution in [0.25, 0.3) is 5.57 Å². The molecule has 1 aliphatic rings. The van der Waals surface area contributed by atoms with Gasteiger partial charge >= 0.3 is 6.18 Å². The molecule has 1 heterocycles. The molecule has 2 aromatic rings. The second-order valence-corrected chi connectivity index (χ2v) is 7.06. The summed E-state index contributed by atoms with van der Waals surface area (Å²) >= 11 is 0. The lowest BCUT2D eigenvalue weighted by Crippen LogP contribution is -2.29. The average Bonchev–Trinajstić information content (AvgIpc) is 3.03. The Bertz CT molecular complexity index is 984. The Morgan fingerprint density at radius 1 is 1.10 bits per heavy atom. The molecule has 2 aromatic carbocycles. The number of likely N-dealkylation sites (N-methyl/N-ethyl adjacent to an activating group) is 1. The highest BCUT2D eigenvalue weighted by molar-refractivity contribution is 6.31. The van der Waals surface area contributed by atoms with Crippen LogP contribution in [0.5, 0.6) is 0 Å². The van der Waals surface area contributed by atoms with Crippen LogP contribution in [0.4, 0.5) is 34.6 Å². The van der Waals surface area contributed by atoms with Crippen LogP contribution >= 0.6 is 0 Å². The topological polar surface area (TPSA) is 56.4 Å². The van der Waals surface area contributed by atoms with Gasteiger partial charge in [-0.15, -0.1) is 0 Å². The summed E-state index contributed by atoms with van der Waals surface area (Å²) in [5, 5.41) is 8.18. The standard InChI is InChI=1S/C22H24F4N4O/c1-3-30(4-2)10-9-27-20-8-6-15(12-18(20)22(24,25)26)28-13-17-16-11-14(23)5-7-19(16)29-21(17)31/h5-8,11-13,27-28H,3-4,9-10H2,1-2H3,(H,29,31). The summed E-state index contributed by atoms with van der Waals surface area (Å²) in [5.41, 5.74) is 0.282. The fourth-order valence-corrected chi connectivity index (χ4v) is 3.37. The van der Waals surface area contributed by atoms with Crippen molar-refractivity contribution < 1.29 is 22.4 Å². The van der Waals surface area contributed by atoms with E-state index in [2.05, 4.69) is 20.9 Å². The van der Waals surface area contributed by atoms with Crippen molar-refractivity contribution in [2.24, 2.45) is 0 Å². The van der Waals surface area contributed by atoms with Crippen LogP contribution in [-0.4, -0.2) is 37.0 Å². The molecular formula is C22H24F4N4O. The van der Waals surface area contributed by atoms with E-state index in [0.29, 0.717) is 24.3 Å². The van der Waals surface area contributed by atoms with Gasteiger partial charge in [0, 0.05) is 41.9 Å². The fourth-order valence-electron chi connectivity index (χ4n) is 3.37. The van der Waals surface area contributed by atoms with Crippen molar-refractivity contribution in [2.75, 3.05) is 42.1 Å². The molecule has 1 amide bonds. The Labute approximate surface area is 178 Å². The minimum atomic E-state index is -4.55. The number of hydrogen-bond acceptors (Lipinski definition) is 4. The average molecular weight is 436 g/mol. The van der Waals surface area contributed by atoms with Gasteiger partial charge in [-0.1, -0.05) is 13.8 Å². The molecule has 0 saturated carbocycles. The maximum atomic E-state index is 13.6. The van der Waals surface area contributed by atoms with E-state index < -0.39 is 23.5 Å². The van der Waals surface area contributed by atoms with E-state index in [0.717, 1.165) is 19.2 Å². The SMILES string of the molecule is CCN(CC)CCNc1ccc(NC=C2C(=O)Nc3ccc(F)cc32)cc1C(F)(F)F. The number of nitrogens with one attached hydrogen (secondary N) is 3. The van der Waals surface area contributed by atoms with Gasteiger partial charge in [0.25, 0.3) is 5.91 Å². The number of hydrogen-bond donors (Lipinski definition) is 3. The van der Waals surface area contributed by atoms with Crippen LogP contribution in [-0.2, 0) is 11.0 Å². The third-order valence-corrected chi connectivity index (χ3v) is 5.11. The lowest BCUT2D eigenvalue weighted by atomic mass is 10.1. The van der Waals surface area contributed by atoms with E-state index in [1.54, 1.807) is 0 Å². The predicted octanol–water partition coefficient (Wildman–Crippen LogP) is 5.00. The molecule has 0 saturated heterocycles. The maximum absolute atomic E-state index is 13.6. The van der Waals surface area contributed by atoms with Gasteiger partial charge in [0.2, 0.25) is 0 Å². The highest BCUT2D eigenvalue weighted by atomic mass is 19.4. The Kier molecular flexibility index (Phi) is 6.84. The molecule has 3 N–H and O–H groups in total. The Morgan fingerprint density at radius 2 is 1.84 bits per heavy atom. The van der Waals surface area contributed by atoms with E-state index in [-0.39, 0.29) is 16.9 Å². The summed E-state index contributed by atoms with van der Waals surface area (Å²) in [6.07, 6.45) is -3.27. The van der Waals surface area contributed by atoms with Gasteiger partial charge in [-0.05, 0) is 49.5 Å². The van der Waals surface area contributed by atoms with Crippen LogP contribution in [0.15, 0.2) is 42.6 Å². The summed E-state index contributed by atoms with van der Waals surface area (Å²) in [5.74, 6) is -0.973. The number of halogens is 4. The molecular weight excluding hydrogens is 412 g/mol. The fraction of sp³-hybridized carbons (Fsp3) is 0.318. The zero-order valence-corrected chi connectivity index (χ0v) is 17.2. The first-order valence-electron chi connectivity index (χ1n) is 9.98. The van der Waals surface area contributed by atoms with E-state index >= 15 is 0 Å².